The van der Waals surface area contributed by atoms with E-state index >= 15 is 0 Å². The summed E-state index contributed by atoms with van der Waals surface area (Å²) in [5.41, 5.74) is 4.91. The number of rotatable bonds is 3. The molecular formula is C28H35NO3. The fourth-order valence-corrected chi connectivity index (χ4v) is 7.55. The van der Waals surface area contributed by atoms with Gasteiger partial charge in [0, 0.05) is 37.5 Å². The standard InChI is InChI=1S/C28H35NO3/c1-17(30)28(32)14-13-25-23-11-7-19-15-21(31)10-12-22(19)26(23)24(16-27(25,28)2)18-5-8-20(9-6-18)29(3)4/h5-6,8-9,15,23-25,32H,7,10-14,16H2,1-4H3/t23-,24+,25+,27+,28+/m0/s1. The molecule has 0 radical (unpaired) electrons. The van der Waals surface area contributed by atoms with Crippen molar-refractivity contribution >= 4 is 17.3 Å². The highest BCUT2D eigenvalue weighted by Crippen LogP contribution is 2.66. The molecule has 5 atom stereocenters. The number of fused-ring (bicyclic) bond motifs is 4. The summed E-state index contributed by atoms with van der Waals surface area (Å²) in [6.45, 7) is 3.74. The van der Waals surface area contributed by atoms with Crippen LogP contribution in [0, 0.1) is 17.3 Å². The van der Waals surface area contributed by atoms with E-state index in [0.29, 0.717) is 24.7 Å². The second kappa shape index (κ2) is 7.41. The van der Waals surface area contributed by atoms with Gasteiger partial charge in [0.2, 0.25) is 0 Å². The normalized spacial score (nSPS) is 36.2. The second-order valence-corrected chi connectivity index (χ2v) is 10.9. The Labute approximate surface area is 191 Å². The molecule has 1 aromatic carbocycles. The molecule has 0 heterocycles. The number of anilines is 1. The number of allylic oxidation sites excluding steroid dienone is 4. The van der Waals surface area contributed by atoms with Crippen LogP contribution in [0.5, 0.6) is 0 Å². The molecule has 32 heavy (non-hydrogen) atoms. The first-order valence-corrected chi connectivity index (χ1v) is 12.1. The van der Waals surface area contributed by atoms with Gasteiger partial charge in [0.05, 0.1) is 0 Å². The Kier molecular flexibility index (Phi) is 5.01. The van der Waals surface area contributed by atoms with E-state index in [0.717, 1.165) is 37.8 Å². The first-order valence-electron chi connectivity index (χ1n) is 12.1. The summed E-state index contributed by atoms with van der Waals surface area (Å²) >= 11 is 0. The number of carbonyl (C=O) groups excluding carboxylic acids is 2. The Bertz CT molecular complexity index is 1030. The van der Waals surface area contributed by atoms with Gasteiger partial charge in [-0.1, -0.05) is 24.6 Å². The van der Waals surface area contributed by atoms with Crippen LogP contribution in [0.25, 0.3) is 0 Å². The van der Waals surface area contributed by atoms with Crippen LogP contribution in [-0.2, 0) is 9.59 Å². The number of nitrogens with zero attached hydrogens (tertiary/aromatic N) is 1. The summed E-state index contributed by atoms with van der Waals surface area (Å²) in [6, 6.07) is 8.78. The molecule has 0 bridgehead atoms. The van der Waals surface area contributed by atoms with E-state index in [1.54, 1.807) is 6.92 Å². The lowest BCUT2D eigenvalue weighted by Gasteiger charge is -2.54. The van der Waals surface area contributed by atoms with Crippen molar-refractivity contribution in [3.63, 3.8) is 0 Å². The van der Waals surface area contributed by atoms with E-state index < -0.39 is 11.0 Å². The summed E-state index contributed by atoms with van der Waals surface area (Å²) in [5.74, 6) is 1.03. The van der Waals surface area contributed by atoms with Gasteiger partial charge in [-0.15, -0.1) is 0 Å². The number of carbonyl (C=O) groups is 2. The van der Waals surface area contributed by atoms with Crippen LogP contribution in [0.15, 0.2) is 47.1 Å². The van der Waals surface area contributed by atoms with Crippen LogP contribution < -0.4 is 4.90 Å². The predicted molar refractivity (Wildman–Crippen MR) is 127 cm³/mol. The number of ketones is 2. The van der Waals surface area contributed by atoms with Gasteiger partial charge in [0.25, 0.3) is 0 Å². The molecule has 0 aliphatic heterocycles. The molecule has 4 aliphatic carbocycles. The van der Waals surface area contributed by atoms with Crippen molar-refractivity contribution in [2.75, 3.05) is 19.0 Å². The average Bonchev–Trinajstić information content (AvgIpc) is 3.04. The summed E-state index contributed by atoms with van der Waals surface area (Å²) in [4.78, 5) is 27.0. The zero-order valence-electron chi connectivity index (χ0n) is 19.8. The zero-order valence-corrected chi connectivity index (χ0v) is 19.8. The van der Waals surface area contributed by atoms with Gasteiger partial charge in [0.1, 0.15) is 5.60 Å². The number of benzene rings is 1. The SMILES string of the molecule is CC(=O)[C@]1(O)CC[C@@H]2[C@@H]3CCC4=CC(=O)CCC4=C3[C@@H](c3ccc(N(C)C)cc3)C[C@]21C. The van der Waals surface area contributed by atoms with Crippen molar-refractivity contribution in [3.05, 3.63) is 52.6 Å². The van der Waals surface area contributed by atoms with Crippen molar-refractivity contribution in [1.29, 1.82) is 0 Å². The minimum absolute atomic E-state index is 0.0834. The van der Waals surface area contributed by atoms with E-state index in [1.807, 2.05) is 20.2 Å². The van der Waals surface area contributed by atoms with Gasteiger partial charge in [-0.05, 0) is 92.2 Å². The molecule has 2 fully saturated rings. The maximum absolute atomic E-state index is 12.7. The van der Waals surface area contributed by atoms with Crippen molar-refractivity contribution in [1.82, 2.24) is 0 Å². The molecule has 170 valence electrons. The fourth-order valence-electron chi connectivity index (χ4n) is 7.55. The van der Waals surface area contributed by atoms with Crippen molar-refractivity contribution < 1.29 is 14.7 Å². The molecule has 5 rings (SSSR count). The van der Waals surface area contributed by atoms with E-state index in [-0.39, 0.29) is 17.5 Å². The topological polar surface area (TPSA) is 57.6 Å². The minimum Gasteiger partial charge on any atom is -0.382 e. The average molecular weight is 434 g/mol. The van der Waals surface area contributed by atoms with E-state index in [1.165, 1.54) is 22.3 Å². The van der Waals surface area contributed by atoms with Gasteiger partial charge >= 0.3 is 0 Å². The lowest BCUT2D eigenvalue weighted by Crippen LogP contribution is -2.55. The molecule has 2 saturated carbocycles. The van der Waals surface area contributed by atoms with Gasteiger partial charge in [-0.2, -0.15) is 0 Å². The smallest absolute Gasteiger partial charge is 0.161 e. The van der Waals surface area contributed by atoms with E-state index in [2.05, 4.69) is 36.1 Å². The second-order valence-electron chi connectivity index (χ2n) is 10.9. The molecule has 0 unspecified atom stereocenters. The number of aliphatic hydroxyl groups is 1. The maximum Gasteiger partial charge on any atom is 0.161 e. The molecule has 0 aromatic heterocycles. The highest BCUT2D eigenvalue weighted by molar-refractivity contribution is 5.93. The Balaban J connectivity index is 1.67. The monoisotopic (exact) mass is 433 g/mol. The summed E-state index contributed by atoms with van der Waals surface area (Å²) < 4.78 is 0. The quantitative estimate of drug-likeness (QED) is 0.731. The van der Waals surface area contributed by atoms with Crippen molar-refractivity contribution in [2.24, 2.45) is 17.3 Å². The van der Waals surface area contributed by atoms with Crippen LogP contribution in [0.2, 0.25) is 0 Å². The van der Waals surface area contributed by atoms with Crippen LogP contribution >= 0.6 is 0 Å². The van der Waals surface area contributed by atoms with Crippen LogP contribution in [0.3, 0.4) is 0 Å². The third-order valence-corrected chi connectivity index (χ3v) is 9.28. The molecule has 1 N–H and O–H groups in total. The van der Waals surface area contributed by atoms with Crippen LogP contribution in [-0.4, -0.2) is 36.4 Å². The van der Waals surface area contributed by atoms with E-state index in [4.69, 9.17) is 0 Å². The first kappa shape index (κ1) is 21.6. The molecule has 0 amide bonds. The molecule has 0 saturated heterocycles. The van der Waals surface area contributed by atoms with Gasteiger partial charge in [0.15, 0.2) is 11.6 Å². The molecular weight excluding hydrogens is 398 g/mol. The third-order valence-electron chi connectivity index (χ3n) is 9.28. The Morgan fingerprint density at radius 2 is 1.81 bits per heavy atom. The largest absolute Gasteiger partial charge is 0.382 e. The maximum atomic E-state index is 12.7. The predicted octanol–water partition coefficient (Wildman–Crippen LogP) is 4.97. The number of hydrogen-bond acceptors (Lipinski definition) is 4. The Hall–Kier alpha value is -2.20. The van der Waals surface area contributed by atoms with Crippen LogP contribution in [0.4, 0.5) is 5.69 Å². The van der Waals surface area contributed by atoms with Gasteiger partial charge in [-0.25, -0.2) is 0 Å². The molecule has 0 spiro atoms. The highest BCUT2D eigenvalue weighted by atomic mass is 16.3. The summed E-state index contributed by atoms with van der Waals surface area (Å²) in [5, 5.41) is 11.6. The van der Waals surface area contributed by atoms with Crippen molar-refractivity contribution in [3.8, 4) is 0 Å². The minimum atomic E-state index is -1.24. The van der Waals surface area contributed by atoms with Crippen molar-refractivity contribution in [2.45, 2.75) is 70.3 Å². The lowest BCUT2D eigenvalue weighted by atomic mass is 9.51. The highest BCUT2D eigenvalue weighted by Gasteiger charge is 2.64. The third kappa shape index (κ3) is 2.98. The molecule has 4 aliphatic rings. The number of hydrogen-bond donors (Lipinski definition) is 1. The van der Waals surface area contributed by atoms with E-state index in [9.17, 15) is 14.7 Å². The van der Waals surface area contributed by atoms with Crippen LogP contribution in [0.1, 0.15) is 70.3 Å². The van der Waals surface area contributed by atoms with Gasteiger partial charge < -0.3 is 10.0 Å². The summed E-state index contributed by atoms with van der Waals surface area (Å²) in [7, 11) is 4.09. The molecule has 4 nitrogen and oxygen atoms in total. The fraction of sp³-hybridized carbons (Fsp3) is 0.571. The lowest BCUT2D eigenvalue weighted by molar-refractivity contribution is -0.152. The first-order chi connectivity index (χ1) is 15.2. The number of Topliss-reactive ketones (excluding diaryl/α,β-unsaturated/α-hetero) is 1. The Morgan fingerprint density at radius 1 is 1.09 bits per heavy atom. The summed E-state index contributed by atoms with van der Waals surface area (Å²) in [6.07, 6.45) is 7.53. The zero-order chi connectivity index (χ0) is 22.8. The van der Waals surface area contributed by atoms with Gasteiger partial charge in [-0.3, -0.25) is 9.59 Å². The molecule has 1 aromatic rings. The molecule has 4 heteroatoms. The Morgan fingerprint density at radius 3 is 2.47 bits per heavy atom.